The van der Waals surface area contributed by atoms with Crippen LogP contribution in [0.5, 0.6) is 0 Å². The molecule has 0 saturated carbocycles. The molecule has 0 spiro atoms. The summed E-state index contributed by atoms with van der Waals surface area (Å²) >= 11 is 3.33. The van der Waals surface area contributed by atoms with Gasteiger partial charge >= 0.3 is 12.4 Å². The van der Waals surface area contributed by atoms with Crippen LogP contribution in [-0.4, -0.2) is 84.7 Å². The molecule has 2 amide bonds. The number of benzene rings is 4. The molecular weight excluding hydrogens is 1130 g/mol. The Morgan fingerprint density at radius 3 is 1.78 bits per heavy atom. The second kappa shape index (κ2) is 21.7. The third-order valence-corrected chi connectivity index (χ3v) is 16.7. The summed E-state index contributed by atoms with van der Waals surface area (Å²) in [6.45, 7) is -2.22. The molecule has 2 saturated heterocycles. The van der Waals surface area contributed by atoms with Crippen molar-refractivity contribution in [2.45, 2.75) is 78.9 Å². The van der Waals surface area contributed by atoms with Crippen LogP contribution in [0.4, 0.5) is 43.9 Å². The molecule has 398 valence electrons. The van der Waals surface area contributed by atoms with E-state index >= 15 is 8.78 Å². The van der Waals surface area contributed by atoms with E-state index < -0.39 is 140 Å². The molecule has 0 radical (unpaired) electrons. The maximum Gasteiger partial charge on any atom is 0.433 e. The summed E-state index contributed by atoms with van der Waals surface area (Å²) in [5.41, 5.74) is -2.59. The van der Waals surface area contributed by atoms with Crippen LogP contribution < -0.4 is 10.6 Å². The van der Waals surface area contributed by atoms with E-state index in [1.807, 2.05) is 6.07 Å². The number of hydrogen-bond donors (Lipinski definition) is 2. The average Bonchev–Trinajstić information content (AvgIpc) is 3.99. The highest BCUT2D eigenvalue weighted by molar-refractivity contribution is 9.10. The standard InChI is InChI=1S/C50H38BrF10N7O6S2/c51-36-13-29(22-66-47(69)42-18-39(54)25-67(42)75(71,72)41-5-2-37(52)3-6-41)12-32(16-36)35-15-34(46(64-24-35)50(59,60)61)14-33-17-38(53)4-7-44(33)76(73,74)68-26-40(55)19-43(68)48(70)65-21-28-9-27(20-62)10-31(11-28)30-1-8-45(63-23-30)49(56,57)58/h1-13,15-17,23-24,39-40,42-43H,14,18-19,21-22,25-26H2,(H,65,70)(H,66,69)/t39-,40-,42+,43+/m1/s1. The highest BCUT2D eigenvalue weighted by Gasteiger charge is 2.46. The van der Waals surface area contributed by atoms with Crippen molar-refractivity contribution < 1.29 is 70.3 Å². The molecule has 26 heteroatoms. The number of rotatable bonds is 14. The van der Waals surface area contributed by atoms with E-state index in [0.717, 1.165) is 60.9 Å². The molecule has 4 atom stereocenters. The predicted octanol–water partition coefficient (Wildman–Crippen LogP) is 9.19. The van der Waals surface area contributed by atoms with Gasteiger partial charge in [0.15, 0.2) is 0 Å². The van der Waals surface area contributed by atoms with Crippen LogP contribution in [0.2, 0.25) is 0 Å². The fourth-order valence-electron chi connectivity index (χ4n) is 8.88. The van der Waals surface area contributed by atoms with E-state index in [2.05, 4.69) is 36.5 Å². The Morgan fingerprint density at radius 1 is 0.645 bits per heavy atom. The molecule has 0 aliphatic carbocycles. The Kier molecular flexibility index (Phi) is 15.8. The van der Waals surface area contributed by atoms with Gasteiger partial charge < -0.3 is 10.6 Å². The van der Waals surface area contributed by atoms with E-state index in [-0.39, 0.29) is 51.4 Å². The van der Waals surface area contributed by atoms with Crippen LogP contribution in [-0.2, 0) is 61.5 Å². The minimum Gasteiger partial charge on any atom is -0.351 e. The fraction of sp³-hybridized carbons (Fsp3) is 0.260. The zero-order chi connectivity index (χ0) is 55.1. The summed E-state index contributed by atoms with van der Waals surface area (Å²) in [5.74, 6) is -3.70. The number of pyridine rings is 2. The van der Waals surface area contributed by atoms with E-state index in [0.29, 0.717) is 30.8 Å². The molecule has 0 unspecified atom stereocenters. The van der Waals surface area contributed by atoms with Crippen molar-refractivity contribution in [2.75, 3.05) is 13.1 Å². The number of nitrogens with zero attached hydrogens (tertiary/aromatic N) is 5. The normalized spacial score (nSPS) is 18.6. The molecule has 2 aliphatic rings. The van der Waals surface area contributed by atoms with Gasteiger partial charge in [-0.2, -0.15) is 40.2 Å². The molecular formula is C50H38BrF10N7O6S2. The first-order valence-electron chi connectivity index (χ1n) is 22.6. The molecule has 6 aromatic rings. The molecule has 2 N–H and O–H groups in total. The molecule has 4 heterocycles. The van der Waals surface area contributed by atoms with Crippen molar-refractivity contribution in [3.8, 4) is 28.3 Å². The van der Waals surface area contributed by atoms with Gasteiger partial charge in [-0.05, 0) is 124 Å². The molecule has 4 aromatic carbocycles. The van der Waals surface area contributed by atoms with Crippen LogP contribution in [0, 0.1) is 23.0 Å². The predicted molar refractivity (Wildman–Crippen MR) is 255 cm³/mol. The van der Waals surface area contributed by atoms with Gasteiger partial charge in [0, 0.05) is 73.4 Å². The van der Waals surface area contributed by atoms with Crippen molar-refractivity contribution in [1.82, 2.24) is 29.2 Å². The van der Waals surface area contributed by atoms with E-state index in [1.54, 1.807) is 0 Å². The highest BCUT2D eigenvalue weighted by Crippen LogP contribution is 2.38. The number of carbonyl (C=O) groups is 2. The lowest BCUT2D eigenvalue weighted by Gasteiger charge is -2.25. The average molecular weight is 1170 g/mol. The first-order valence-corrected chi connectivity index (χ1v) is 26.2. The van der Waals surface area contributed by atoms with E-state index in [4.69, 9.17) is 0 Å². The van der Waals surface area contributed by atoms with Gasteiger partial charge in [0.2, 0.25) is 31.9 Å². The molecule has 13 nitrogen and oxygen atoms in total. The van der Waals surface area contributed by atoms with Gasteiger partial charge in [0.05, 0.1) is 21.4 Å². The number of alkyl halides is 8. The number of hydrogen-bond acceptors (Lipinski definition) is 9. The smallest absolute Gasteiger partial charge is 0.351 e. The highest BCUT2D eigenvalue weighted by atomic mass is 79.9. The van der Waals surface area contributed by atoms with Crippen LogP contribution in [0.15, 0.2) is 124 Å². The topological polar surface area (TPSA) is 183 Å². The number of aromatic nitrogens is 2. The number of nitriles is 1. The summed E-state index contributed by atoms with van der Waals surface area (Å²) in [4.78, 5) is 33.1. The number of halogens is 11. The van der Waals surface area contributed by atoms with Gasteiger partial charge in [-0.25, -0.2) is 34.4 Å². The minimum absolute atomic E-state index is 0.0188. The number of amides is 2. The van der Waals surface area contributed by atoms with E-state index in [9.17, 15) is 66.8 Å². The van der Waals surface area contributed by atoms with Crippen molar-refractivity contribution in [2.24, 2.45) is 0 Å². The van der Waals surface area contributed by atoms with Crippen LogP contribution in [0.25, 0.3) is 22.3 Å². The van der Waals surface area contributed by atoms with Crippen molar-refractivity contribution in [1.29, 1.82) is 5.26 Å². The van der Waals surface area contributed by atoms with Gasteiger partial charge in [-0.15, -0.1) is 0 Å². The van der Waals surface area contributed by atoms with Gasteiger partial charge in [0.25, 0.3) is 0 Å². The SMILES string of the molecule is N#Cc1cc(CNC(=O)[C@@H]2C[C@@H](F)CN2S(=O)(=O)c2ccc(F)cc2Cc2cc(-c3cc(Br)cc(CNC(=O)[C@@H]4C[C@@H](F)CN4S(=O)(=O)c4ccc(F)cc4)c3)cnc2C(F)(F)F)cc(-c2ccc(C(F)(F)F)nc2)c1. The van der Waals surface area contributed by atoms with Gasteiger partial charge in [-0.1, -0.05) is 22.0 Å². The monoisotopic (exact) mass is 1170 g/mol. The first-order chi connectivity index (χ1) is 35.7. The first kappa shape index (κ1) is 55.4. The summed E-state index contributed by atoms with van der Waals surface area (Å²) in [5, 5.41) is 14.7. The Balaban J connectivity index is 1.02. The van der Waals surface area contributed by atoms with Gasteiger partial charge in [0.1, 0.15) is 47.4 Å². The van der Waals surface area contributed by atoms with Crippen molar-refractivity contribution in [3.63, 3.8) is 0 Å². The lowest BCUT2D eigenvalue weighted by Crippen LogP contribution is -2.45. The Labute approximate surface area is 435 Å². The zero-order valence-corrected chi connectivity index (χ0v) is 42.0. The van der Waals surface area contributed by atoms with Crippen LogP contribution in [0.3, 0.4) is 0 Å². The summed E-state index contributed by atoms with van der Waals surface area (Å²) in [6, 6.07) is 16.0. The summed E-state index contributed by atoms with van der Waals surface area (Å²) in [7, 11) is -9.49. The van der Waals surface area contributed by atoms with Crippen LogP contribution >= 0.6 is 15.9 Å². The summed E-state index contributed by atoms with van der Waals surface area (Å²) < 4.78 is 199. The maximum absolute atomic E-state index is 15.2. The number of nitrogens with one attached hydrogen (secondary N) is 2. The second-order valence-electron chi connectivity index (χ2n) is 17.7. The lowest BCUT2D eigenvalue weighted by atomic mass is 9.98. The van der Waals surface area contributed by atoms with E-state index in [1.165, 1.54) is 36.4 Å². The van der Waals surface area contributed by atoms with Gasteiger partial charge in [-0.3, -0.25) is 19.6 Å². The maximum atomic E-state index is 15.2. The summed E-state index contributed by atoms with van der Waals surface area (Å²) in [6.07, 6.45) is -13.8. The Bertz CT molecular complexity index is 3500. The molecule has 2 aliphatic heterocycles. The third kappa shape index (κ3) is 12.2. The lowest BCUT2D eigenvalue weighted by molar-refractivity contribution is -0.142. The molecule has 0 bridgehead atoms. The number of carbonyl (C=O) groups excluding carboxylic acids is 2. The molecule has 2 aromatic heterocycles. The quantitative estimate of drug-likeness (QED) is 0.101. The molecule has 8 rings (SSSR count). The fourth-order valence-corrected chi connectivity index (χ4v) is 12.9. The van der Waals surface area contributed by atoms with Crippen LogP contribution in [0.1, 0.15) is 52.0 Å². The Hall–Kier alpha value is -6.79. The minimum atomic E-state index is -5.15. The third-order valence-electron chi connectivity index (χ3n) is 12.4. The zero-order valence-electron chi connectivity index (χ0n) is 38.8. The molecule has 2 fully saturated rings. The second-order valence-corrected chi connectivity index (χ2v) is 22.4. The largest absolute Gasteiger partial charge is 0.433 e. The number of sulfonamides is 2. The Morgan fingerprint density at radius 2 is 1.21 bits per heavy atom. The van der Waals surface area contributed by atoms with Crippen molar-refractivity contribution >= 4 is 47.8 Å². The van der Waals surface area contributed by atoms with Crippen molar-refractivity contribution in [3.05, 3.63) is 165 Å². The molecule has 76 heavy (non-hydrogen) atoms.